The van der Waals surface area contributed by atoms with Crippen LogP contribution in [0.3, 0.4) is 0 Å². The SMILES string of the molecule is Cc1cc(-c2nc(C(F)(F)F)c(C(=O)O)o2)ccc1F. The fourth-order valence-electron chi connectivity index (χ4n) is 1.56. The van der Waals surface area contributed by atoms with E-state index in [2.05, 4.69) is 9.40 Å². The number of nitrogens with zero attached hydrogens (tertiary/aromatic N) is 1. The summed E-state index contributed by atoms with van der Waals surface area (Å²) >= 11 is 0. The molecule has 8 heteroatoms. The molecule has 0 aliphatic rings. The van der Waals surface area contributed by atoms with E-state index in [1.807, 2.05) is 0 Å². The molecule has 0 amide bonds. The maximum absolute atomic E-state index is 13.1. The zero-order chi connectivity index (χ0) is 15.1. The van der Waals surface area contributed by atoms with E-state index in [-0.39, 0.29) is 11.1 Å². The molecule has 0 unspecified atom stereocenters. The number of halogens is 4. The third-order valence-electron chi connectivity index (χ3n) is 2.49. The summed E-state index contributed by atoms with van der Waals surface area (Å²) in [4.78, 5) is 13.9. The van der Waals surface area contributed by atoms with Crippen molar-refractivity contribution in [3.8, 4) is 11.5 Å². The minimum atomic E-state index is -4.95. The first-order valence-corrected chi connectivity index (χ1v) is 5.28. The van der Waals surface area contributed by atoms with Crippen LogP contribution in [0.4, 0.5) is 17.6 Å². The lowest BCUT2D eigenvalue weighted by Crippen LogP contribution is -2.11. The van der Waals surface area contributed by atoms with Gasteiger partial charge in [-0.05, 0) is 30.7 Å². The Balaban J connectivity index is 2.58. The fraction of sp³-hybridized carbons (Fsp3) is 0.167. The second-order valence-corrected chi connectivity index (χ2v) is 3.96. The van der Waals surface area contributed by atoms with Crippen LogP contribution >= 0.6 is 0 Å². The molecule has 1 heterocycles. The van der Waals surface area contributed by atoms with Gasteiger partial charge in [-0.15, -0.1) is 0 Å². The van der Waals surface area contributed by atoms with Gasteiger partial charge >= 0.3 is 12.1 Å². The van der Waals surface area contributed by atoms with E-state index in [0.717, 1.165) is 12.1 Å². The van der Waals surface area contributed by atoms with Gasteiger partial charge in [0.05, 0.1) is 0 Å². The highest BCUT2D eigenvalue weighted by Gasteiger charge is 2.41. The molecule has 0 spiro atoms. The minimum absolute atomic E-state index is 0.0573. The Kier molecular flexibility index (Phi) is 3.24. The molecule has 0 saturated heterocycles. The van der Waals surface area contributed by atoms with Gasteiger partial charge in [0.1, 0.15) is 5.82 Å². The highest BCUT2D eigenvalue weighted by molar-refractivity contribution is 5.86. The molecule has 20 heavy (non-hydrogen) atoms. The molecule has 4 nitrogen and oxygen atoms in total. The van der Waals surface area contributed by atoms with Gasteiger partial charge in [-0.2, -0.15) is 13.2 Å². The van der Waals surface area contributed by atoms with Crippen LogP contribution in [0.5, 0.6) is 0 Å². The number of hydrogen-bond donors (Lipinski definition) is 1. The van der Waals surface area contributed by atoms with Gasteiger partial charge < -0.3 is 9.52 Å². The molecule has 0 aliphatic heterocycles. The van der Waals surface area contributed by atoms with Gasteiger partial charge in [0.2, 0.25) is 11.7 Å². The lowest BCUT2D eigenvalue weighted by atomic mass is 10.1. The van der Waals surface area contributed by atoms with Crippen LogP contribution in [0.1, 0.15) is 21.8 Å². The Bertz CT molecular complexity index is 676. The largest absolute Gasteiger partial charge is 0.475 e. The number of aryl methyl sites for hydroxylation is 1. The molecule has 0 fully saturated rings. The summed E-state index contributed by atoms with van der Waals surface area (Å²) in [5.41, 5.74) is -1.39. The minimum Gasteiger partial charge on any atom is -0.475 e. The molecule has 106 valence electrons. The number of carboxylic acid groups (broad SMARTS) is 1. The Morgan fingerprint density at radius 3 is 2.45 bits per heavy atom. The molecule has 1 N–H and O–H groups in total. The number of aromatic nitrogens is 1. The van der Waals surface area contributed by atoms with E-state index in [4.69, 9.17) is 5.11 Å². The van der Waals surface area contributed by atoms with Crippen LogP contribution < -0.4 is 0 Å². The maximum Gasteiger partial charge on any atom is 0.437 e. The van der Waals surface area contributed by atoms with Crippen LogP contribution in [0.15, 0.2) is 22.6 Å². The molecule has 0 bridgehead atoms. The van der Waals surface area contributed by atoms with Crippen LogP contribution in [0, 0.1) is 12.7 Å². The summed E-state index contributed by atoms with van der Waals surface area (Å²) in [7, 11) is 0. The van der Waals surface area contributed by atoms with Crippen molar-refractivity contribution in [3.05, 3.63) is 41.0 Å². The van der Waals surface area contributed by atoms with Crippen molar-refractivity contribution in [2.24, 2.45) is 0 Å². The topological polar surface area (TPSA) is 63.3 Å². The number of rotatable bonds is 2. The van der Waals surface area contributed by atoms with E-state index in [0.29, 0.717) is 0 Å². The maximum atomic E-state index is 13.1. The smallest absolute Gasteiger partial charge is 0.437 e. The number of oxazole rings is 1. The first kappa shape index (κ1) is 14.0. The third kappa shape index (κ3) is 2.49. The zero-order valence-electron chi connectivity index (χ0n) is 9.95. The molecular weight excluding hydrogens is 282 g/mol. The quantitative estimate of drug-likeness (QED) is 0.859. The third-order valence-corrected chi connectivity index (χ3v) is 2.49. The van der Waals surface area contributed by atoms with Crippen LogP contribution in [0.2, 0.25) is 0 Å². The van der Waals surface area contributed by atoms with Crippen LogP contribution in [-0.2, 0) is 6.18 Å². The molecule has 2 aromatic rings. The average Bonchev–Trinajstić information content (AvgIpc) is 2.77. The second kappa shape index (κ2) is 4.62. The number of alkyl halides is 3. The average molecular weight is 289 g/mol. The highest BCUT2D eigenvalue weighted by Crippen LogP contribution is 2.34. The van der Waals surface area contributed by atoms with Crippen molar-refractivity contribution in [1.29, 1.82) is 0 Å². The molecule has 1 aromatic heterocycles. The summed E-state index contributed by atoms with van der Waals surface area (Å²) in [5, 5.41) is 8.69. The first-order valence-electron chi connectivity index (χ1n) is 5.28. The van der Waals surface area contributed by atoms with Gasteiger partial charge in [0.25, 0.3) is 0 Å². The number of carboxylic acids is 1. The molecular formula is C12H7F4NO3. The monoisotopic (exact) mass is 289 g/mol. The number of aromatic carboxylic acids is 1. The number of benzene rings is 1. The predicted molar refractivity (Wildman–Crippen MR) is 58.6 cm³/mol. The molecule has 0 atom stereocenters. The van der Waals surface area contributed by atoms with Gasteiger partial charge in [0, 0.05) is 5.56 Å². The normalized spacial score (nSPS) is 11.7. The van der Waals surface area contributed by atoms with Gasteiger partial charge in [-0.25, -0.2) is 14.2 Å². The molecule has 2 rings (SSSR count). The van der Waals surface area contributed by atoms with Crippen molar-refractivity contribution < 1.29 is 31.9 Å². The predicted octanol–water partition coefficient (Wildman–Crippen LogP) is 3.51. The van der Waals surface area contributed by atoms with E-state index in [1.165, 1.54) is 13.0 Å². The zero-order valence-corrected chi connectivity index (χ0v) is 9.95. The van der Waals surface area contributed by atoms with Gasteiger partial charge in [-0.3, -0.25) is 0 Å². The Hall–Kier alpha value is -2.38. The molecule has 1 aromatic carbocycles. The van der Waals surface area contributed by atoms with Gasteiger partial charge in [0.15, 0.2) is 5.69 Å². The number of carbonyl (C=O) groups is 1. The Morgan fingerprint density at radius 1 is 1.35 bits per heavy atom. The first-order chi connectivity index (χ1) is 9.20. The van der Waals surface area contributed by atoms with E-state index in [1.54, 1.807) is 0 Å². The summed E-state index contributed by atoms with van der Waals surface area (Å²) in [5.74, 6) is -4.25. The summed E-state index contributed by atoms with van der Waals surface area (Å²) in [6.07, 6.45) is -4.95. The molecule has 0 radical (unpaired) electrons. The summed E-state index contributed by atoms with van der Waals surface area (Å²) < 4.78 is 55.6. The van der Waals surface area contributed by atoms with Crippen LogP contribution in [-0.4, -0.2) is 16.1 Å². The highest BCUT2D eigenvalue weighted by atomic mass is 19.4. The number of hydrogen-bond acceptors (Lipinski definition) is 3. The van der Waals surface area contributed by atoms with Gasteiger partial charge in [-0.1, -0.05) is 0 Å². The van der Waals surface area contributed by atoms with Crippen LogP contribution in [0.25, 0.3) is 11.5 Å². The van der Waals surface area contributed by atoms with Crippen molar-refractivity contribution in [2.75, 3.05) is 0 Å². The van der Waals surface area contributed by atoms with Crippen molar-refractivity contribution >= 4 is 5.97 Å². The summed E-state index contributed by atoms with van der Waals surface area (Å²) in [6, 6.07) is 3.40. The van der Waals surface area contributed by atoms with E-state index in [9.17, 15) is 22.4 Å². The molecule has 0 aliphatic carbocycles. The van der Waals surface area contributed by atoms with Crippen molar-refractivity contribution in [2.45, 2.75) is 13.1 Å². The lowest BCUT2D eigenvalue weighted by molar-refractivity contribution is -0.141. The van der Waals surface area contributed by atoms with Crippen molar-refractivity contribution in [3.63, 3.8) is 0 Å². The van der Waals surface area contributed by atoms with Crippen molar-refractivity contribution in [1.82, 2.24) is 4.98 Å². The lowest BCUT2D eigenvalue weighted by Gasteiger charge is -2.01. The summed E-state index contributed by atoms with van der Waals surface area (Å²) in [6.45, 7) is 1.41. The Morgan fingerprint density at radius 2 is 2.00 bits per heavy atom. The molecule has 0 saturated carbocycles. The fourth-order valence-corrected chi connectivity index (χ4v) is 1.56. The Labute approximate surface area is 109 Å². The van der Waals surface area contributed by atoms with E-state index < -0.39 is 35.3 Å². The second-order valence-electron chi connectivity index (χ2n) is 3.96. The standard InChI is InChI=1S/C12H7F4NO3/c1-5-4-6(2-3-7(5)13)10-17-9(12(14,15)16)8(20-10)11(18)19/h2-4H,1H3,(H,18,19). The van der Waals surface area contributed by atoms with E-state index >= 15 is 0 Å².